The topological polar surface area (TPSA) is 76.7 Å². The molecule has 0 heterocycles. The molecule has 1 rings (SSSR count). The van der Waals surface area contributed by atoms with Gasteiger partial charge in [0, 0.05) is 12.6 Å². The fourth-order valence-corrected chi connectivity index (χ4v) is 1.75. The van der Waals surface area contributed by atoms with Crippen LogP contribution in [0.4, 0.5) is 9.59 Å². The molecule has 0 bridgehead atoms. The summed E-state index contributed by atoms with van der Waals surface area (Å²) in [5, 5.41) is 5.36. The van der Waals surface area contributed by atoms with Crippen LogP contribution in [0.15, 0.2) is 30.3 Å². The van der Waals surface area contributed by atoms with Crippen molar-refractivity contribution in [3.8, 4) is 0 Å². The van der Waals surface area contributed by atoms with Crippen LogP contribution in [0.1, 0.15) is 39.7 Å². The summed E-state index contributed by atoms with van der Waals surface area (Å²) in [5.41, 5.74) is 0.371. The van der Waals surface area contributed by atoms with Crippen molar-refractivity contribution < 1.29 is 19.1 Å². The Kier molecular flexibility index (Phi) is 7.38. The number of carbonyl (C=O) groups excluding carboxylic acids is 2. The van der Waals surface area contributed by atoms with E-state index in [9.17, 15) is 9.59 Å². The Morgan fingerprint density at radius 1 is 1.13 bits per heavy atom. The average molecular weight is 322 g/mol. The summed E-state index contributed by atoms with van der Waals surface area (Å²) in [6.45, 7) is 7.79. The molecule has 1 aromatic rings. The maximum atomic E-state index is 11.8. The molecular weight excluding hydrogens is 296 g/mol. The van der Waals surface area contributed by atoms with Crippen LogP contribution in [0.3, 0.4) is 0 Å². The molecule has 6 nitrogen and oxygen atoms in total. The van der Waals surface area contributed by atoms with Crippen LogP contribution >= 0.6 is 0 Å². The molecule has 1 atom stereocenters. The first kappa shape index (κ1) is 18.8. The van der Waals surface area contributed by atoms with Gasteiger partial charge in [0.2, 0.25) is 0 Å². The predicted octanol–water partition coefficient (Wildman–Crippen LogP) is 3.22. The summed E-state index contributed by atoms with van der Waals surface area (Å²) >= 11 is 0. The molecule has 0 fully saturated rings. The van der Waals surface area contributed by atoms with Gasteiger partial charge in [-0.05, 0) is 32.8 Å². The normalized spacial score (nSPS) is 12.2. The van der Waals surface area contributed by atoms with Crippen LogP contribution in [-0.4, -0.2) is 30.4 Å². The summed E-state index contributed by atoms with van der Waals surface area (Å²) in [7, 11) is 0. The van der Waals surface area contributed by atoms with E-state index in [-0.39, 0.29) is 19.2 Å². The zero-order chi connectivity index (χ0) is 17.3. The van der Waals surface area contributed by atoms with Crippen LogP contribution in [0, 0.1) is 0 Å². The molecule has 0 aliphatic carbocycles. The lowest BCUT2D eigenvalue weighted by Gasteiger charge is -2.22. The van der Waals surface area contributed by atoms with Gasteiger partial charge in [-0.25, -0.2) is 9.59 Å². The first-order valence-electron chi connectivity index (χ1n) is 7.74. The third-order valence-corrected chi connectivity index (χ3v) is 2.92. The number of rotatable bonds is 6. The first-order chi connectivity index (χ1) is 10.8. The van der Waals surface area contributed by atoms with Crippen molar-refractivity contribution in [1.82, 2.24) is 10.6 Å². The third kappa shape index (κ3) is 8.70. The average Bonchev–Trinajstić information content (AvgIpc) is 2.48. The highest BCUT2D eigenvalue weighted by atomic mass is 16.6. The van der Waals surface area contributed by atoms with E-state index in [0.29, 0.717) is 6.42 Å². The number of alkyl carbamates (subject to hydrolysis) is 2. The lowest BCUT2D eigenvalue weighted by atomic mass is 10.2. The predicted molar refractivity (Wildman–Crippen MR) is 88.1 cm³/mol. The van der Waals surface area contributed by atoms with Crippen molar-refractivity contribution in [3.63, 3.8) is 0 Å². The van der Waals surface area contributed by atoms with E-state index in [4.69, 9.17) is 9.47 Å². The number of carbonyl (C=O) groups is 2. The number of ether oxygens (including phenoxy) is 2. The fourth-order valence-electron chi connectivity index (χ4n) is 1.75. The number of hydrogen-bond donors (Lipinski definition) is 2. The fraction of sp³-hybridized carbons (Fsp3) is 0.529. The van der Waals surface area contributed by atoms with Crippen LogP contribution in [-0.2, 0) is 16.1 Å². The molecule has 1 aromatic carbocycles. The molecular formula is C17H26N2O4. The van der Waals surface area contributed by atoms with Gasteiger partial charge in [-0.1, -0.05) is 37.3 Å². The molecule has 0 aliphatic rings. The van der Waals surface area contributed by atoms with E-state index in [1.165, 1.54) is 0 Å². The quantitative estimate of drug-likeness (QED) is 0.843. The van der Waals surface area contributed by atoms with Crippen LogP contribution in [0.25, 0.3) is 0 Å². The van der Waals surface area contributed by atoms with Gasteiger partial charge in [0.1, 0.15) is 12.2 Å². The summed E-state index contributed by atoms with van der Waals surface area (Å²) in [6, 6.07) is 9.22. The Balaban J connectivity index is 2.32. The van der Waals surface area contributed by atoms with E-state index in [1.807, 2.05) is 37.3 Å². The SMILES string of the molecule is CC[C@@H](CNC(=O)OC(C)(C)C)NC(=O)OCc1ccccc1. The summed E-state index contributed by atoms with van der Waals surface area (Å²) in [4.78, 5) is 23.4. The van der Waals surface area contributed by atoms with Gasteiger partial charge < -0.3 is 20.1 Å². The minimum Gasteiger partial charge on any atom is -0.445 e. The van der Waals surface area contributed by atoms with Crippen molar-refractivity contribution in [2.24, 2.45) is 0 Å². The molecule has 0 saturated carbocycles. The minimum absolute atomic E-state index is 0.211. The maximum absolute atomic E-state index is 11.8. The van der Waals surface area contributed by atoms with Gasteiger partial charge >= 0.3 is 12.2 Å². The molecule has 0 saturated heterocycles. The van der Waals surface area contributed by atoms with Crippen molar-refractivity contribution in [3.05, 3.63) is 35.9 Å². The Bertz CT molecular complexity index is 497. The van der Waals surface area contributed by atoms with Crippen LogP contribution in [0.5, 0.6) is 0 Å². The van der Waals surface area contributed by atoms with Crippen LogP contribution < -0.4 is 10.6 Å². The molecule has 6 heteroatoms. The van der Waals surface area contributed by atoms with Crippen LogP contribution in [0.2, 0.25) is 0 Å². The van der Waals surface area contributed by atoms with E-state index < -0.39 is 17.8 Å². The van der Waals surface area contributed by atoms with E-state index in [2.05, 4.69) is 10.6 Å². The maximum Gasteiger partial charge on any atom is 0.407 e. The van der Waals surface area contributed by atoms with Gasteiger partial charge in [-0.15, -0.1) is 0 Å². The smallest absolute Gasteiger partial charge is 0.407 e. The molecule has 0 aliphatic heterocycles. The largest absolute Gasteiger partial charge is 0.445 e. The van der Waals surface area contributed by atoms with E-state index in [0.717, 1.165) is 5.56 Å². The molecule has 0 spiro atoms. The molecule has 0 radical (unpaired) electrons. The second-order valence-corrected chi connectivity index (χ2v) is 6.19. The number of hydrogen-bond acceptors (Lipinski definition) is 4. The first-order valence-corrected chi connectivity index (χ1v) is 7.74. The minimum atomic E-state index is -0.548. The van der Waals surface area contributed by atoms with Crippen molar-refractivity contribution in [1.29, 1.82) is 0 Å². The zero-order valence-electron chi connectivity index (χ0n) is 14.2. The second kappa shape index (κ2) is 9.02. The second-order valence-electron chi connectivity index (χ2n) is 6.19. The zero-order valence-corrected chi connectivity index (χ0v) is 14.2. The molecule has 128 valence electrons. The number of amides is 2. The number of nitrogens with one attached hydrogen (secondary N) is 2. The highest BCUT2D eigenvalue weighted by molar-refractivity contribution is 5.69. The number of benzene rings is 1. The van der Waals surface area contributed by atoms with Gasteiger partial charge in [-0.2, -0.15) is 0 Å². The van der Waals surface area contributed by atoms with Gasteiger partial charge in [0.25, 0.3) is 0 Å². The Morgan fingerprint density at radius 3 is 2.35 bits per heavy atom. The highest BCUT2D eigenvalue weighted by Gasteiger charge is 2.18. The Labute approximate surface area is 137 Å². The van der Waals surface area contributed by atoms with E-state index in [1.54, 1.807) is 20.8 Å². The van der Waals surface area contributed by atoms with Crippen molar-refractivity contribution >= 4 is 12.2 Å². The molecule has 0 aromatic heterocycles. The highest BCUT2D eigenvalue weighted by Crippen LogP contribution is 2.06. The third-order valence-electron chi connectivity index (χ3n) is 2.92. The molecule has 2 N–H and O–H groups in total. The Morgan fingerprint density at radius 2 is 1.78 bits per heavy atom. The van der Waals surface area contributed by atoms with Crippen molar-refractivity contribution in [2.75, 3.05) is 6.54 Å². The molecule has 2 amide bonds. The van der Waals surface area contributed by atoms with Gasteiger partial charge in [0.15, 0.2) is 0 Å². The lowest BCUT2D eigenvalue weighted by Crippen LogP contribution is -2.44. The lowest BCUT2D eigenvalue weighted by molar-refractivity contribution is 0.0520. The summed E-state index contributed by atoms with van der Waals surface area (Å²) < 4.78 is 10.3. The molecule has 0 unspecified atom stereocenters. The summed E-state index contributed by atoms with van der Waals surface area (Å²) in [5.74, 6) is 0. The van der Waals surface area contributed by atoms with E-state index >= 15 is 0 Å². The Hall–Kier alpha value is -2.24. The summed E-state index contributed by atoms with van der Waals surface area (Å²) in [6.07, 6.45) is -0.349. The van der Waals surface area contributed by atoms with Gasteiger partial charge in [0.05, 0.1) is 0 Å². The van der Waals surface area contributed by atoms with Gasteiger partial charge in [-0.3, -0.25) is 0 Å². The van der Waals surface area contributed by atoms with Crippen molar-refractivity contribution in [2.45, 2.75) is 52.4 Å². The molecule has 23 heavy (non-hydrogen) atoms. The standard InChI is InChI=1S/C17H26N2O4/c1-5-14(11-18-15(20)23-17(2,3)4)19-16(21)22-12-13-9-7-6-8-10-13/h6-10,14H,5,11-12H2,1-4H3,(H,18,20)(H,19,21)/t14-/m0/s1. The monoisotopic (exact) mass is 322 g/mol.